The first-order chi connectivity index (χ1) is 15.0. The number of ether oxygens (including phenoxy) is 2. The number of likely N-dealkylation sites (tertiary alicyclic amines) is 1. The molecule has 1 fully saturated rings. The smallest absolute Gasteiger partial charge is 0.412 e. The summed E-state index contributed by atoms with van der Waals surface area (Å²) in [4.78, 5) is 54.1. The molecule has 1 unspecified atom stereocenters. The quantitative estimate of drug-likeness (QED) is 0.543. The standard InChI is InChI=1S/C23H22N2O6/c1-30-19(26)14-23(25-20(27)17-10-5-6-11-18(17)21(25)28)12-7-13-24(23)22(29)31-15-16-8-3-2-4-9-16/h2-6,8-11H,7,12-15H2,1H3. The van der Waals surface area contributed by atoms with E-state index < -0.39 is 29.5 Å². The normalized spacial score (nSPS) is 20.0. The van der Waals surface area contributed by atoms with Gasteiger partial charge in [0.2, 0.25) is 0 Å². The zero-order valence-electron chi connectivity index (χ0n) is 17.1. The van der Waals surface area contributed by atoms with E-state index >= 15 is 0 Å². The van der Waals surface area contributed by atoms with Crippen LogP contribution in [0.5, 0.6) is 0 Å². The van der Waals surface area contributed by atoms with Crippen molar-refractivity contribution in [2.75, 3.05) is 13.7 Å². The Labute approximate surface area is 179 Å². The van der Waals surface area contributed by atoms with Crippen LogP contribution < -0.4 is 0 Å². The number of carbonyl (C=O) groups is 4. The third kappa shape index (κ3) is 3.54. The minimum Gasteiger partial charge on any atom is -0.469 e. The van der Waals surface area contributed by atoms with Crippen LogP contribution in [-0.2, 0) is 20.9 Å². The molecule has 160 valence electrons. The summed E-state index contributed by atoms with van der Waals surface area (Å²) in [7, 11) is 1.23. The van der Waals surface area contributed by atoms with Crippen molar-refractivity contribution in [1.82, 2.24) is 9.80 Å². The number of hydrogen-bond donors (Lipinski definition) is 0. The van der Waals surface area contributed by atoms with Crippen LogP contribution in [0.15, 0.2) is 54.6 Å². The van der Waals surface area contributed by atoms with Crippen LogP contribution in [-0.4, -0.2) is 53.0 Å². The van der Waals surface area contributed by atoms with Gasteiger partial charge in [0.05, 0.1) is 24.7 Å². The lowest BCUT2D eigenvalue weighted by molar-refractivity contribution is -0.145. The monoisotopic (exact) mass is 422 g/mol. The highest BCUT2D eigenvalue weighted by atomic mass is 16.6. The maximum atomic E-state index is 13.2. The second-order valence-electron chi connectivity index (χ2n) is 7.52. The van der Waals surface area contributed by atoms with Crippen LogP contribution in [0.3, 0.4) is 0 Å². The Morgan fingerprint density at radius 3 is 2.19 bits per heavy atom. The van der Waals surface area contributed by atoms with Crippen molar-refractivity contribution in [3.63, 3.8) is 0 Å². The van der Waals surface area contributed by atoms with Gasteiger partial charge in [-0.25, -0.2) is 9.69 Å². The summed E-state index contributed by atoms with van der Waals surface area (Å²) >= 11 is 0. The van der Waals surface area contributed by atoms with Crippen LogP contribution in [0.1, 0.15) is 45.5 Å². The van der Waals surface area contributed by atoms with Gasteiger partial charge in [0.15, 0.2) is 0 Å². The van der Waals surface area contributed by atoms with Crippen molar-refractivity contribution in [3.05, 3.63) is 71.3 Å². The van der Waals surface area contributed by atoms with E-state index in [2.05, 4.69) is 0 Å². The zero-order chi connectivity index (χ0) is 22.0. The number of esters is 1. The van der Waals surface area contributed by atoms with Gasteiger partial charge >= 0.3 is 12.1 Å². The Morgan fingerprint density at radius 2 is 1.58 bits per heavy atom. The predicted molar refractivity (Wildman–Crippen MR) is 109 cm³/mol. The summed E-state index contributed by atoms with van der Waals surface area (Å²) in [6.45, 7) is 0.282. The Hall–Kier alpha value is -3.68. The van der Waals surface area contributed by atoms with Crippen molar-refractivity contribution in [2.24, 2.45) is 0 Å². The van der Waals surface area contributed by atoms with Gasteiger partial charge < -0.3 is 9.47 Å². The lowest BCUT2D eigenvalue weighted by Gasteiger charge is -2.42. The highest BCUT2D eigenvalue weighted by Crippen LogP contribution is 2.41. The van der Waals surface area contributed by atoms with E-state index in [1.54, 1.807) is 24.3 Å². The van der Waals surface area contributed by atoms with Crippen LogP contribution in [0.2, 0.25) is 0 Å². The molecule has 0 aliphatic carbocycles. The van der Waals surface area contributed by atoms with Crippen molar-refractivity contribution in [2.45, 2.75) is 31.5 Å². The van der Waals surface area contributed by atoms with Crippen LogP contribution in [0, 0.1) is 0 Å². The summed E-state index contributed by atoms with van der Waals surface area (Å²) in [5.74, 6) is -1.70. The van der Waals surface area contributed by atoms with Crippen molar-refractivity contribution in [3.8, 4) is 0 Å². The summed E-state index contributed by atoms with van der Waals surface area (Å²) in [5.41, 5.74) is -0.176. The molecule has 0 bridgehead atoms. The molecule has 2 heterocycles. The van der Waals surface area contributed by atoms with E-state index in [0.717, 1.165) is 10.5 Å². The van der Waals surface area contributed by atoms with E-state index in [9.17, 15) is 19.2 Å². The predicted octanol–water partition coefficient (Wildman–Crippen LogP) is 2.97. The number of fused-ring (bicyclic) bond motifs is 1. The SMILES string of the molecule is COC(=O)CC1(N2C(=O)c3ccccc3C2=O)CCCN1C(=O)OCc1ccccc1. The van der Waals surface area contributed by atoms with Crippen LogP contribution in [0.4, 0.5) is 4.79 Å². The maximum Gasteiger partial charge on any atom is 0.412 e. The highest BCUT2D eigenvalue weighted by molar-refractivity contribution is 6.22. The molecule has 2 aromatic rings. The number of benzene rings is 2. The lowest BCUT2D eigenvalue weighted by Crippen LogP contribution is -2.62. The van der Waals surface area contributed by atoms with Gasteiger partial charge in [0.25, 0.3) is 11.8 Å². The van der Waals surface area contributed by atoms with Crippen LogP contribution >= 0.6 is 0 Å². The molecule has 0 aromatic heterocycles. The Balaban J connectivity index is 1.67. The number of carbonyl (C=O) groups excluding carboxylic acids is 4. The van der Waals surface area contributed by atoms with E-state index in [1.807, 2.05) is 30.3 Å². The lowest BCUT2D eigenvalue weighted by atomic mass is 10.00. The van der Waals surface area contributed by atoms with E-state index in [0.29, 0.717) is 6.42 Å². The molecule has 1 saturated heterocycles. The van der Waals surface area contributed by atoms with Crippen molar-refractivity contribution >= 4 is 23.9 Å². The molecular formula is C23H22N2O6. The molecule has 3 amide bonds. The molecule has 1 atom stereocenters. The Kier molecular flexibility index (Phi) is 5.46. The molecular weight excluding hydrogens is 400 g/mol. The summed E-state index contributed by atoms with van der Waals surface area (Å²) in [5, 5.41) is 0. The van der Waals surface area contributed by atoms with Crippen molar-refractivity contribution in [1.29, 1.82) is 0 Å². The largest absolute Gasteiger partial charge is 0.469 e. The van der Waals surface area contributed by atoms with E-state index in [-0.39, 0.29) is 37.1 Å². The molecule has 2 aromatic carbocycles. The number of rotatable bonds is 5. The topological polar surface area (TPSA) is 93.2 Å². The van der Waals surface area contributed by atoms with Gasteiger partial charge in [-0.3, -0.25) is 19.3 Å². The van der Waals surface area contributed by atoms with Gasteiger partial charge in [0.1, 0.15) is 12.3 Å². The molecule has 31 heavy (non-hydrogen) atoms. The average molecular weight is 422 g/mol. The maximum absolute atomic E-state index is 13.2. The fraction of sp³-hybridized carbons (Fsp3) is 0.304. The minimum atomic E-state index is -1.48. The molecule has 0 N–H and O–H groups in total. The molecule has 2 aliphatic heterocycles. The molecule has 4 rings (SSSR count). The number of nitrogens with zero attached hydrogens (tertiary/aromatic N) is 2. The highest BCUT2D eigenvalue weighted by Gasteiger charge is 2.57. The second kappa shape index (κ2) is 8.22. The fourth-order valence-electron chi connectivity index (χ4n) is 4.29. The first-order valence-electron chi connectivity index (χ1n) is 10.0. The molecule has 0 saturated carbocycles. The summed E-state index contributed by atoms with van der Waals surface area (Å²) < 4.78 is 10.3. The van der Waals surface area contributed by atoms with Gasteiger partial charge in [-0.1, -0.05) is 42.5 Å². The molecule has 0 spiro atoms. The van der Waals surface area contributed by atoms with E-state index in [4.69, 9.17) is 9.47 Å². The third-order valence-corrected chi connectivity index (χ3v) is 5.75. The number of hydrogen-bond acceptors (Lipinski definition) is 6. The van der Waals surface area contributed by atoms with Crippen molar-refractivity contribution < 1.29 is 28.7 Å². The summed E-state index contributed by atoms with van der Waals surface area (Å²) in [6.07, 6.45) is -0.254. The van der Waals surface area contributed by atoms with E-state index in [1.165, 1.54) is 12.0 Å². The van der Waals surface area contributed by atoms with Gasteiger partial charge in [0, 0.05) is 6.54 Å². The zero-order valence-corrected chi connectivity index (χ0v) is 17.1. The van der Waals surface area contributed by atoms with Gasteiger partial charge in [-0.15, -0.1) is 0 Å². The van der Waals surface area contributed by atoms with Gasteiger partial charge in [-0.2, -0.15) is 0 Å². The Bertz CT molecular complexity index is 1000. The minimum absolute atomic E-state index is 0.0343. The molecule has 0 radical (unpaired) electrons. The third-order valence-electron chi connectivity index (χ3n) is 5.75. The molecule has 2 aliphatic rings. The molecule has 8 heteroatoms. The Morgan fingerprint density at radius 1 is 0.968 bits per heavy atom. The number of methoxy groups -OCH3 is 1. The van der Waals surface area contributed by atoms with Crippen LogP contribution in [0.25, 0.3) is 0 Å². The average Bonchev–Trinajstić information content (AvgIpc) is 3.32. The number of imide groups is 1. The fourth-order valence-corrected chi connectivity index (χ4v) is 4.29. The second-order valence-corrected chi connectivity index (χ2v) is 7.52. The number of amides is 3. The first kappa shape index (κ1) is 20.6. The first-order valence-corrected chi connectivity index (χ1v) is 10.0. The molecule has 8 nitrogen and oxygen atoms in total. The summed E-state index contributed by atoms with van der Waals surface area (Å²) in [6, 6.07) is 15.6. The van der Waals surface area contributed by atoms with Gasteiger partial charge in [-0.05, 0) is 30.5 Å².